The van der Waals surface area contributed by atoms with E-state index in [4.69, 9.17) is 11.6 Å². The van der Waals surface area contributed by atoms with Gasteiger partial charge in [0.25, 0.3) is 17.7 Å². The molecule has 1 aliphatic rings. The third-order valence-electron chi connectivity index (χ3n) is 4.48. The topological polar surface area (TPSA) is 133 Å². The van der Waals surface area contributed by atoms with Crippen LogP contribution in [0.15, 0.2) is 70.8 Å². The summed E-state index contributed by atoms with van der Waals surface area (Å²) in [5.41, 5.74) is 0.927. The minimum absolute atomic E-state index is 0.0368. The number of carbonyl (C=O) groups is 3. The second kappa shape index (κ2) is 8.78. The van der Waals surface area contributed by atoms with Gasteiger partial charge in [-0.3, -0.25) is 14.4 Å². The van der Waals surface area contributed by atoms with Crippen LogP contribution in [0.3, 0.4) is 0 Å². The number of rotatable bonds is 5. The summed E-state index contributed by atoms with van der Waals surface area (Å²) < 4.78 is 0. The average Bonchev–Trinajstić information content (AvgIpc) is 3.22. The van der Waals surface area contributed by atoms with Gasteiger partial charge >= 0.3 is 0 Å². The van der Waals surface area contributed by atoms with Crippen LogP contribution in [-0.4, -0.2) is 39.9 Å². The molecule has 0 radical (unpaired) electrons. The van der Waals surface area contributed by atoms with Gasteiger partial charge in [-0.05, 0) is 36.4 Å². The van der Waals surface area contributed by atoms with Crippen LogP contribution < -0.4 is 10.6 Å². The number of phenolic OH excluding ortho intramolecular Hbond substituents is 1. The Morgan fingerprint density at radius 2 is 1.72 bits per heavy atom. The largest absolute Gasteiger partial charge is 0.506 e. The first-order chi connectivity index (χ1) is 15.4. The molecule has 4 rings (SSSR count). The van der Waals surface area contributed by atoms with Crippen molar-refractivity contribution < 1.29 is 19.5 Å². The Morgan fingerprint density at radius 3 is 2.38 bits per heavy atom. The van der Waals surface area contributed by atoms with E-state index >= 15 is 0 Å². The number of benzene rings is 2. The van der Waals surface area contributed by atoms with Crippen molar-refractivity contribution in [2.75, 3.05) is 10.6 Å². The number of aromatic hydroxyl groups is 1. The summed E-state index contributed by atoms with van der Waals surface area (Å²) in [7, 11) is 0. The normalized spacial score (nSPS) is 12.4. The molecule has 0 bridgehead atoms. The van der Waals surface area contributed by atoms with Crippen molar-refractivity contribution in [1.29, 1.82) is 0 Å². The first-order valence-electron chi connectivity index (χ1n) is 9.24. The van der Waals surface area contributed by atoms with E-state index in [2.05, 4.69) is 25.6 Å². The molecule has 1 aliphatic heterocycles. The Labute approximate surface area is 186 Å². The number of carbonyl (C=O) groups excluding carboxylic acids is 3. The van der Waals surface area contributed by atoms with Crippen molar-refractivity contribution in [3.8, 4) is 5.75 Å². The molecular formula is C22H14ClN5O4. The molecule has 158 valence electrons. The Morgan fingerprint density at radius 1 is 0.938 bits per heavy atom. The summed E-state index contributed by atoms with van der Waals surface area (Å²) in [6.45, 7) is 0. The van der Waals surface area contributed by atoms with Crippen LogP contribution in [0.1, 0.15) is 26.3 Å². The first-order valence-corrected chi connectivity index (χ1v) is 9.61. The highest BCUT2D eigenvalue weighted by molar-refractivity contribution is 6.49. The standard InChI is InChI=1S/C22H14ClN5O4/c23-14-8-9-17(24-10-14)27-21(31)15-2-1-3-16(29)19(15)28-20(30)13-6-4-12(5-7-13)18-22(32)26-11-25-18/h1-11,29H,(H,28,30)(H,24,27,31). The smallest absolute Gasteiger partial charge is 0.297 e. The fourth-order valence-corrected chi connectivity index (χ4v) is 3.02. The monoisotopic (exact) mass is 447 g/mol. The van der Waals surface area contributed by atoms with Crippen LogP contribution in [-0.2, 0) is 4.79 Å². The van der Waals surface area contributed by atoms with Crippen LogP contribution in [0, 0.1) is 0 Å². The van der Waals surface area contributed by atoms with Crippen LogP contribution >= 0.6 is 11.6 Å². The molecule has 0 fully saturated rings. The number of nitrogens with one attached hydrogen (secondary N) is 2. The molecule has 0 spiro atoms. The Bertz CT molecular complexity index is 1280. The van der Waals surface area contributed by atoms with Gasteiger partial charge in [-0.25, -0.2) is 9.98 Å². The third-order valence-corrected chi connectivity index (χ3v) is 4.70. The zero-order valence-electron chi connectivity index (χ0n) is 16.2. The molecule has 3 aromatic rings. The predicted octanol–water partition coefficient (Wildman–Crippen LogP) is 3.30. The highest BCUT2D eigenvalue weighted by Crippen LogP contribution is 2.28. The number of para-hydroxylation sites is 1. The number of phenols is 1. The van der Waals surface area contributed by atoms with Gasteiger partial charge in [0.15, 0.2) is 0 Å². The highest BCUT2D eigenvalue weighted by Gasteiger charge is 2.20. The van der Waals surface area contributed by atoms with E-state index in [-0.39, 0.29) is 34.1 Å². The molecule has 0 aliphatic carbocycles. The molecule has 9 nitrogen and oxygen atoms in total. The van der Waals surface area contributed by atoms with E-state index < -0.39 is 17.7 Å². The van der Waals surface area contributed by atoms with Crippen LogP contribution in [0.5, 0.6) is 5.75 Å². The van der Waals surface area contributed by atoms with Crippen molar-refractivity contribution in [2.24, 2.45) is 9.98 Å². The molecule has 32 heavy (non-hydrogen) atoms. The fourth-order valence-electron chi connectivity index (χ4n) is 2.91. The van der Waals surface area contributed by atoms with E-state index in [1.165, 1.54) is 48.9 Å². The maximum absolute atomic E-state index is 12.7. The lowest BCUT2D eigenvalue weighted by Crippen LogP contribution is -2.19. The average molecular weight is 448 g/mol. The molecular weight excluding hydrogens is 434 g/mol. The van der Waals surface area contributed by atoms with Crippen molar-refractivity contribution in [2.45, 2.75) is 0 Å². The first kappa shape index (κ1) is 20.9. The van der Waals surface area contributed by atoms with Gasteiger partial charge in [-0.2, -0.15) is 4.99 Å². The molecule has 0 atom stereocenters. The number of anilines is 2. The summed E-state index contributed by atoms with van der Waals surface area (Å²) >= 11 is 5.80. The number of aliphatic imine (C=N–C) groups is 2. The maximum atomic E-state index is 12.7. The molecule has 1 aromatic heterocycles. The number of halogens is 1. The number of aromatic nitrogens is 1. The molecule has 10 heteroatoms. The van der Waals surface area contributed by atoms with Gasteiger partial charge in [0, 0.05) is 17.3 Å². The summed E-state index contributed by atoms with van der Waals surface area (Å²) in [5.74, 6) is -1.63. The zero-order valence-corrected chi connectivity index (χ0v) is 17.0. The van der Waals surface area contributed by atoms with E-state index in [0.717, 1.165) is 0 Å². The summed E-state index contributed by atoms with van der Waals surface area (Å²) in [6, 6.07) is 13.5. The van der Waals surface area contributed by atoms with Gasteiger partial charge < -0.3 is 15.7 Å². The summed E-state index contributed by atoms with van der Waals surface area (Å²) in [5, 5.41) is 15.8. The lowest BCUT2D eigenvalue weighted by atomic mass is 10.1. The number of amides is 3. The van der Waals surface area contributed by atoms with Crippen molar-refractivity contribution in [1.82, 2.24) is 4.98 Å². The van der Waals surface area contributed by atoms with Crippen molar-refractivity contribution in [3.63, 3.8) is 0 Å². The second-order valence-corrected chi connectivity index (χ2v) is 7.01. The lowest BCUT2D eigenvalue weighted by Gasteiger charge is -2.13. The Balaban J connectivity index is 1.53. The second-order valence-electron chi connectivity index (χ2n) is 6.57. The van der Waals surface area contributed by atoms with E-state index in [1.54, 1.807) is 18.2 Å². The summed E-state index contributed by atoms with van der Waals surface area (Å²) in [6.07, 6.45) is 2.55. The van der Waals surface area contributed by atoms with E-state index in [1.807, 2.05) is 0 Å². The fraction of sp³-hybridized carbons (Fsp3) is 0. The zero-order chi connectivity index (χ0) is 22.7. The Kier molecular flexibility index (Phi) is 5.73. The van der Waals surface area contributed by atoms with Gasteiger partial charge in [0.2, 0.25) is 0 Å². The van der Waals surface area contributed by atoms with Gasteiger partial charge in [-0.1, -0.05) is 29.8 Å². The number of pyridine rings is 1. The van der Waals surface area contributed by atoms with Crippen LogP contribution in [0.4, 0.5) is 11.5 Å². The highest BCUT2D eigenvalue weighted by atomic mass is 35.5. The minimum Gasteiger partial charge on any atom is -0.506 e. The molecule has 3 N–H and O–H groups in total. The quantitative estimate of drug-likeness (QED) is 0.516. The maximum Gasteiger partial charge on any atom is 0.297 e. The molecule has 2 aromatic carbocycles. The van der Waals surface area contributed by atoms with E-state index in [0.29, 0.717) is 10.6 Å². The number of hydrogen-bond donors (Lipinski definition) is 3. The Hall–Kier alpha value is -4.37. The van der Waals surface area contributed by atoms with Crippen LogP contribution in [0.25, 0.3) is 0 Å². The van der Waals surface area contributed by atoms with Gasteiger partial charge in [0.05, 0.1) is 16.3 Å². The van der Waals surface area contributed by atoms with Crippen molar-refractivity contribution in [3.05, 3.63) is 82.5 Å². The molecule has 2 heterocycles. The van der Waals surface area contributed by atoms with Gasteiger partial charge in [-0.15, -0.1) is 0 Å². The number of hydrogen-bond acceptors (Lipinski definition) is 6. The third kappa shape index (κ3) is 4.37. The summed E-state index contributed by atoms with van der Waals surface area (Å²) in [4.78, 5) is 48.5. The molecule has 3 amide bonds. The predicted molar refractivity (Wildman–Crippen MR) is 120 cm³/mol. The van der Waals surface area contributed by atoms with Crippen molar-refractivity contribution >= 4 is 52.9 Å². The lowest BCUT2D eigenvalue weighted by molar-refractivity contribution is -0.111. The molecule has 0 unspecified atom stereocenters. The van der Waals surface area contributed by atoms with E-state index in [9.17, 15) is 19.5 Å². The molecule has 0 saturated carbocycles. The SMILES string of the molecule is O=C1N=CN=C1c1ccc(C(=O)Nc2c(O)cccc2C(=O)Nc2ccc(Cl)cn2)cc1. The van der Waals surface area contributed by atoms with Gasteiger partial charge in [0.1, 0.15) is 23.6 Å². The van der Waals surface area contributed by atoms with Crippen LogP contribution in [0.2, 0.25) is 5.02 Å². The minimum atomic E-state index is -0.584. The molecule has 0 saturated heterocycles. The number of nitrogens with zero attached hydrogens (tertiary/aromatic N) is 3.